The van der Waals surface area contributed by atoms with E-state index in [1.807, 2.05) is 0 Å². The molecule has 0 aliphatic carbocycles. The van der Waals surface area contributed by atoms with Crippen LogP contribution in [0.2, 0.25) is 0 Å². The maximum absolute atomic E-state index is 13.6. The number of hydrogen-bond donors (Lipinski definition) is 0. The number of benzene rings is 1. The van der Waals surface area contributed by atoms with Gasteiger partial charge in [-0.25, -0.2) is 0 Å². The van der Waals surface area contributed by atoms with E-state index in [1.165, 1.54) is 20.8 Å². The van der Waals surface area contributed by atoms with Crippen LogP contribution in [0.15, 0.2) is 0 Å². The summed E-state index contributed by atoms with van der Waals surface area (Å²) < 4.78 is 13.6. The van der Waals surface area contributed by atoms with E-state index in [1.54, 1.807) is 0 Å². The zero-order valence-corrected chi connectivity index (χ0v) is 8.91. The number of rotatable bonds is 2. The second-order valence-corrected chi connectivity index (χ2v) is 3.40. The summed E-state index contributed by atoms with van der Waals surface area (Å²) in [4.78, 5) is 19.3. The number of hydrogen-bond acceptors (Lipinski definition) is 4. The zero-order chi connectivity index (χ0) is 12.6. The topological polar surface area (TPSA) is 86.3 Å². The first-order valence-corrected chi connectivity index (χ1v) is 4.37. The molecule has 0 aliphatic rings. The van der Waals surface area contributed by atoms with Crippen molar-refractivity contribution < 1.29 is 14.2 Å². The van der Waals surface area contributed by atoms with Crippen LogP contribution in [-0.2, 0) is 0 Å². The first-order chi connectivity index (χ1) is 7.29. The fraction of sp³-hybridized carbons (Fsp3) is 0.333. The molecule has 1 rings (SSSR count). The summed E-state index contributed by atoms with van der Waals surface area (Å²) in [6, 6.07) is 0. The monoisotopic (exact) mass is 228 g/mol. The summed E-state index contributed by atoms with van der Waals surface area (Å²) >= 11 is 0. The highest BCUT2D eigenvalue weighted by atomic mass is 19.1. The lowest BCUT2D eigenvalue weighted by Gasteiger charge is -2.07. The lowest BCUT2D eigenvalue weighted by Crippen LogP contribution is -2.05. The fourth-order valence-corrected chi connectivity index (χ4v) is 1.47. The zero-order valence-electron chi connectivity index (χ0n) is 8.91. The molecule has 0 bridgehead atoms. The van der Waals surface area contributed by atoms with Crippen LogP contribution in [0.25, 0.3) is 0 Å². The molecule has 0 spiro atoms. The number of halogens is 1. The standard InChI is InChI=1S/C9H9FN2O4/c1-4-5(2)7(10)9(12(15)16)8(6(4)3)11(13)14/h1-3H3. The van der Waals surface area contributed by atoms with Crippen molar-refractivity contribution in [2.75, 3.05) is 0 Å². The first kappa shape index (κ1) is 12.0. The molecule has 0 amide bonds. The smallest absolute Gasteiger partial charge is 0.258 e. The number of nitro groups is 2. The molecule has 0 unspecified atom stereocenters. The molecule has 7 heteroatoms. The SMILES string of the molecule is Cc1c(C)c(F)c([N+](=O)[O-])c([N+](=O)[O-])c1C. The van der Waals surface area contributed by atoms with Crippen LogP contribution in [0.1, 0.15) is 16.7 Å². The van der Waals surface area contributed by atoms with Crippen molar-refractivity contribution in [1.82, 2.24) is 0 Å². The molecule has 0 heterocycles. The summed E-state index contributed by atoms with van der Waals surface area (Å²) in [6.45, 7) is 4.21. The molecule has 0 radical (unpaired) electrons. The molecule has 1 aromatic carbocycles. The molecule has 0 saturated carbocycles. The quantitative estimate of drug-likeness (QED) is 0.574. The molecule has 0 fully saturated rings. The Morgan fingerprint density at radius 3 is 1.69 bits per heavy atom. The fourth-order valence-electron chi connectivity index (χ4n) is 1.47. The minimum absolute atomic E-state index is 0.0646. The van der Waals surface area contributed by atoms with Crippen LogP contribution < -0.4 is 0 Å². The molecule has 1 aromatic rings. The molecule has 0 aromatic heterocycles. The van der Waals surface area contributed by atoms with Gasteiger partial charge < -0.3 is 0 Å². The van der Waals surface area contributed by atoms with E-state index in [-0.39, 0.29) is 11.1 Å². The molecule has 0 N–H and O–H groups in total. The van der Waals surface area contributed by atoms with Gasteiger partial charge in [0.25, 0.3) is 0 Å². The second kappa shape index (κ2) is 3.84. The Bertz CT molecular complexity index is 454. The third kappa shape index (κ3) is 1.60. The van der Waals surface area contributed by atoms with Gasteiger partial charge in [0.1, 0.15) is 0 Å². The van der Waals surface area contributed by atoms with E-state index in [4.69, 9.17) is 0 Å². The third-order valence-corrected chi connectivity index (χ3v) is 2.61. The lowest BCUT2D eigenvalue weighted by molar-refractivity contribution is -0.424. The summed E-state index contributed by atoms with van der Waals surface area (Å²) in [7, 11) is 0. The van der Waals surface area contributed by atoms with E-state index < -0.39 is 27.0 Å². The van der Waals surface area contributed by atoms with Gasteiger partial charge in [0.05, 0.1) is 9.85 Å². The molecule has 0 saturated heterocycles. The molecule has 86 valence electrons. The lowest BCUT2D eigenvalue weighted by atomic mass is 10.0. The number of nitrogens with zero attached hydrogens (tertiary/aromatic N) is 2. The van der Waals surface area contributed by atoms with E-state index in [9.17, 15) is 24.6 Å². The van der Waals surface area contributed by atoms with E-state index in [2.05, 4.69) is 0 Å². The molecule has 16 heavy (non-hydrogen) atoms. The maximum atomic E-state index is 13.6. The summed E-state index contributed by atoms with van der Waals surface area (Å²) in [6.07, 6.45) is 0. The first-order valence-electron chi connectivity index (χ1n) is 4.37. The molecular formula is C9H9FN2O4. The van der Waals surface area contributed by atoms with E-state index in [0.717, 1.165) is 0 Å². The summed E-state index contributed by atoms with van der Waals surface area (Å²) in [5, 5.41) is 21.3. The highest BCUT2D eigenvalue weighted by Gasteiger charge is 2.34. The Hall–Kier alpha value is -2.05. The van der Waals surface area contributed by atoms with Crippen LogP contribution >= 0.6 is 0 Å². The van der Waals surface area contributed by atoms with Crippen molar-refractivity contribution in [3.8, 4) is 0 Å². The molecule has 0 aliphatic heterocycles. The Labute approximate surface area is 90.0 Å². The minimum Gasteiger partial charge on any atom is -0.258 e. The van der Waals surface area contributed by atoms with Crippen LogP contribution in [0.4, 0.5) is 15.8 Å². The Morgan fingerprint density at radius 1 is 0.875 bits per heavy atom. The predicted octanol–water partition coefficient (Wildman–Crippen LogP) is 2.57. The summed E-state index contributed by atoms with van der Waals surface area (Å²) in [5.41, 5.74) is -1.30. The van der Waals surface area contributed by atoms with Gasteiger partial charge >= 0.3 is 11.4 Å². The highest BCUT2D eigenvalue weighted by molar-refractivity contribution is 5.63. The Balaban J connectivity index is 3.83. The van der Waals surface area contributed by atoms with Crippen molar-refractivity contribution in [1.29, 1.82) is 0 Å². The molecular weight excluding hydrogens is 219 g/mol. The second-order valence-electron chi connectivity index (χ2n) is 3.40. The molecule has 0 atom stereocenters. The number of nitro benzene ring substituents is 2. The predicted molar refractivity (Wildman–Crippen MR) is 53.9 cm³/mol. The van der Waals surface area contributed by atoms with Crippen LogP contribution in [-0.4, -0.2) is 9.85 Å². The normalized spacial score (nSPS) is 10.2. The van der Waals surface area contributed by atoms with Crippen LogP contribution in [0, 0.1) is 46.8 Å². The van der Waals surface area contributed by atoms with Gasteiger partial charge in [-0.3, -0.25) is 20.2 Å². The van der Waals surface area contributed by atoms with Crippen molar-refractivity contribution >= 4 is 11.4 Å². The van der Waals surface area contributed by atoms with Crippen molar-refractivity contribution in [2.45, 2.75) is 20.8 Å². The van der Waals surface area contributed by atoms with Crippen molar-refractivity contribution in [3.05, 3.63) is 42.7 Å². The molecule has 6 nitrogen and oxygen atoms in total. The van der Waals surface area contributed by atoms with Gasteiger partial charge in [0, 0.05) is 5.56 Å². The summed E-state index contributed by atoms with van der Waals surface area (Å²) in [5.74, 6) is -1.14. The van der Waals surface area contributed by atoms with Crippen molar-refractivity contribution in [3.63, 3.8) is 0 Å². The largest absolute Gasteiger partial charge is 0.381 e. The van der Waals surface area contributed by atoms with Crippen LogP contribution in [0.5, 0.6) is 0 Å². The Morgan fingerprint density at radius 2 is 1.31 bits per heavy atom. The van der Waals surface area contributed by atoms with Gasteiger partial charge in [-0.05, 0) is 31.9 Å². The Kier molecular flexibility index (Phi) is 2.88. The van der Waals surface area contributed by atoms with Gasteiger partial charge in [0.15, 0.2) is 0 Å². The minimum atomic E-state index is -1.14. The van der Waals surface area contributed by atoms with Crippen LogP contribution in [0.3, 0.4) is 0 Å². The highest BCUT2D eigenvalue weighted by Crippen LogP contribution is 2.37. The van der Waals surface area contributed by atoms with Gasteiger partial charge in [-0.15, -0.1) is 0 Å². The van der Waals surface area contributed by atoms with Gasteiger partial charge in [-0.2, -0.15) is 4.39 Å². The van der Waals surface area contributed by atoms with E-state index in [0.29, 0.717) is 5.56 Å². The average molecular weight is 228 g/mol. The van der Waals surface area contributed by atoms with Gasteiger partial charge in [0.2, 0.25) is 5.82 Å². The van der Waals surface area contributed by atoms with Crippen molar-refractivity contribution in [2.24, 2.45) is 0 Å². The van der Waals surface area contributed by atoms with E-state index >= 15 is 0 Å². The average Bonchev–Trinajstić information content (AvgIpc) is 2.18. The third-order valence-electron chi connectivity index (χ3n) is 2.61. The maximum Gasteiger partial charge on any atom is 0.381 e. The van der Waals surface area contributed by atoms with Gasteiger partial charge in [-0.1, -0.05) is 0 Å².